The summed E-state index contributed by atoms with van der Waals surface area (Å²) >= 11 is 0. The Bertz CT molecular complexity index is 501. The lowest BCUT2D eigenvalue weighted by Crippen LogP contribution is -2.47. The normalized spacial score (nSPS) is 23.0. The molecule has 0 spiro atoms. The molecule has 0 bridgehead atoms. The Kier molecular flexibility index (Phi) is 4.54. The lowest BCUT2D eigenvalue weighted by Gasteiger charge is -2.33. The van der Waals surface area contributed by atoms with Gasteiger partial charge in [0.2, 0.25) is 5.91 Å². The van der Waals surface area contributed by atoms with Crippen molar-refractivity contribution in [3.63, 3.8) is 0 Å². The summed E-state index contributed by atoms with van der Waals surface area (Å²) in [6.07, 6.45) is 5.19. The summed E-state index contributed by atoms with van der Waals surface area (Å²) in [4.78, 5) is 14.1. The van der Waals surface area contributed by atoms with Gasteiger partial charge in [0, 0.05) is 31.1 Å². The molecule has 1 atom stereocenters. The number of carbonyl (C=O) groups is 1. The number of likely N-dealkylation sites (tertiary alicyclic amines) is 1. The highest BCUT2D eigenvalue weighted by molar-refractivity contribution is 5.76. The number of benzene rings is 1. The zero-order valence-electron chi connectivity index (χ0n) is 12.4. The lowest BCUT2D eigenvalue weighted by atomic mass is 10.0. The maximum absolute atomic E-state index is 13.7. The molecule has 1 saturated heterocycles. The second-order valence-corrected chi connectivity index (χ2v) is 6.38. The summed E-state index contributed by atoms with van der Waals surface area (Å²) in [6.45, 7) is 2.43. The van der Waals surface area contributed by atoms with Gasteiger partial charge in [-0.2, -0.15) is 0 Å². The third kappa shape index (κ3) is 4.27. The molecule has 1 aliphatic carbocycles. The molecule has 2 fully saturated rings. The largest absolute Gasteiger partial charge is 0.352 e. The minimum atomic E-state index is -0.141. The first kappa shape index (κ1) is 14.5. The zero-order chi connectivity index (χ0) is 14.7. The topological polar surface area (TPSA) is 32.3 Å². The van der Waals surface area contributed by atoms with Crippen LogP contribution in [0.2, 0.25) is 0 Å². The molecular formula is C17H23FN2O. The van der Waals surface area contributed by atoms with E-state index in [9.17, 15) is 9.18 Å². The summed E-state index contributed by atoms with van der Waals surface area (Å²) in [5, 5.41) is 3.15. The average molecular weight is 290 g/mol. The van der Waals surface area contributed by atoms with Gasteiger partial charge in [-0.15, -0.1) is 0 Å². The van der Waals surface area contributed by atoms with Crippen LogP contribution in [-0.2, 0) is 11.3 Å². The molecule has 2 aliphatic rings. The number of halogens is 1. The van der Waals surface area contributed by atoms with Crippen LogP contribution in [0.5, 0.6) is 0 Å². The molecule has 1 heterocycles. The number of piperidine rings is 1. The van der Waals surface area contributed by atoms with Crippen molar-refractivity contribution in [2.45, 2.75) is 44.7 Å². The number of nitrogens with one attached hydrogen (secondary N) is 1. The fraction of sp³-hybridized carbons (Fsp3) is 0.588. The van der Waals surface area contributed by atoms with Crippen molar-refractivity contribution in [3.8, 4) is 0 Å². The first-order chi connectivity index (χ1) is 10.2. The number of hydrogen-bond acceptors (Lipinski definition) is 2. The molecular weight excluding hydrogens is 267 g/mol. The summed E-state index contributed by atoms with van der Waals surface area (Å²) in [7, 11) is 0. The fourth-order valence-corrected chi connectivity index (χ4v) is 3.06. The Labute approximate surface area is 125 Å². The summed E-state index contributed by atoms with van der Waals surface area (Å²) in [5.74, 6) is 0.677. The van der Waals surface area contributed by atoms with Crippen molar-refractivity contribution in [2.24, 2.45) is 5.92 Å². The maximum atomic E-state index is 13.7. The predicted octanol–water partition coefficient (Wildman–Crippen LogP) is 2.71. The SMILES string of the molecule is O=C(CC1CC1)NC1CCCN(Cc2ccccc2F)C1. The van der Waals surface area contributed by atoms with E-state index in [1.165, 1.54) is 18.9 Å². The highest BCUT2D eigenvalue weighted by atomic mass is 19.1. The van der Waals surface area contributed by atoms with Crippen molar-refractivity contribution in [1.82, 2.24) is 10.2 Å². The van der Waals surface area contributed by atoms with E-state index in [4.69, 9.17) is 0 Å². The van der Waals surface area contributed by atoms with Crippen LogP contribution >= 0.6 is 0 Å². The Balaban J connectivity index is 1.50. The first-order valence-electron chi connectivity index (χ1n) is 7.96. The van der Waals surface area contributed by atoms with Gasteiger partial charge in [-0.05, 0) is 44.2 Å². The van der Waals surface area contributed by atoms with Gasteiger partial charge in [0.1, 0.15) is 5.82 Å². The molecule has 21 heavy (non-hydrogen) atoms. The quantitative estimate of drug-likeness (QED) is 0.904. The molecule has 3 rings (SSSR count). The van der Waals surface area contributed by atoms with Gasteiger partial charge in [0.15, 0.2) is 0 Å². The number of amides is 1. The summed E-state index contributed by atoms with van der Waals surface area (Å²) < 4.78 is 13.7. The van der Waals surface area contributed by atoms with Crippen LogP contribution in [0.15, 0.2) is 24.3 Å². The zero-order valence-corrected chi connectivity index (χ0v) is 12.4. The molecule has 0 aromatic heterocycles. The summed E-state index contributed by atoms with van der Waals surface area (Å²) in [6, 6.07) is 7.16. The second-order valence-electron chi connectivity index (χ2n) is 6.38. The van der Waals surface area contributed by atoms with Crippen LogP contribution in [0, 0.1) is 11.7 Å². The minimum Gasteiger partial charge on any atom is -0.352 e. The molecule has 114 valence electrons. The van der Waals surface area contributed by atoms with Gasteiger partial charge < -0.3 is 5.32 Å². The molecule has 1 aliphatic heterocycles. The van der Waals surface area contributed by atoms with E-state index < -0.39 is 0 Å². The molecule has 1 amide bonds. The maximum Gasteiger partial charge on any atom is 0.220 e. The van der Waals surface area contributed by atoms with E-state index in [2.05, 4.69) is 10.2 Å². The van der Waals surface area contributed by atoms with Crippen molar-refractivity contribution >= 4 is 5.91 Å². The van der Waals surface area contributed by atoms with E-state index in [1.54, 1.807) is 6.07 Å². The Morgan fingerprint density at radius 3 is 2.86 bits per heavy atom. The van der Waals surface area contributed by atoms with Crippen LogP contribution in [0.4, 0.5) is 4.39 Å². The Hall–Kier alpha value is -1.42. The van der Waals surface area contributed by atoms with Crippen molar-refractivity contribution in [2.75, 3.05) is 13.1 Å². The van der Waals surface area contributed by atoms with Crippen LogP contribution in [-0.4, -0.2) is 29.9 Å². The fourth-order valence-electron chi connectivity index (χ4n) is 3.06. The molecule has 1 N–H and O–H groups in total. The minimum absolute atomic E-state index is 0.141. The highest BCUT2D eigenvalue weighted by Gasteiger charge is 2.27. The van der Waals surface area contributed by atoms with Crippen molar-refractivity contribution < 1.29 is 9.18 Å². The highest BCUT2D eigenvalue weighted by Crippen LogP contribution is 2.32. The summed E-state index contributed by atoms with van der Waals surface area (Å²) in [5.41, 5.74) is 0.738. The van der Waals surface area contributed by atoms with Gasteiger partial charge >= 0.3 is 0 Å². The van der Waals surface area contributed by atoms with E-state index >= 15 is 0 Å². The molecule has 1 aromatic rings. The molecule has 1 aromatic carbocycles. The van der Waals surface area contributed by atoms with E-state index in [0.29, 0.717) is 18.9 Å². The second kappa shape index (κ2) is 6.56. The van der Waals surface area contributed by atoms with Gasteiger partial charge in [-0.25, -0.2) is 4.39 Å². The van der Waals surface area contributed by atoms with Crippen LogP contribution in [0.25, 0.3) is 0 Å². The standard InChI is InChI=1S/C17H23FN2O/c18-16-6-2-1-4-14(16)11-20-9-3-5-15(12-20)19-17(21)10-13-7-8-13/h1-2,4,6,13,15H,3,5,7-12H2,(H,19,21). The number of hydrogen-bond donors (Lipinski definition) is 1. The predicted molar refractivity (Wildman–Crippen MR) is 80.2 cm³/mol. The third-order valence-electron chi connectivity index (χ3n) is 4.39. The smallest absolute Gasteiger partial charge is 0.220 e. The van der Waals surface area contributed by atoms with Gasteiger partial charge in [-0.1, -0.05) is 18.2 Å². The van der Waals surface area contributed by atoms with E-state index in [1.807, 2.05) is 12.1 Å². The van der Waals surface area contributed by atoms with Gasteiger partial charge in [0.25, 0.3) is 0 Å². The van der Waals surface area contributed by atoms with Gasteiger partial charge in [0.05, 0.1) is 0 Å². The molecule has 1 unspecified atom stereocenters. The number of nitrogens with zero attached hydrogens (tertiary/aromatic N) is 1. The average Bonchev–Trinajstić information content (AvgIpc) is 3.25. The van der Waals surface area contributed by atoms with Crippen molar-refractivity contribution in [1.29, 1.82) is 0 Å². The number of carbonyl (C=O) groups excluding carboxylic acids is 1. The third-order valence-corrected chi connectivity index (χ3v) is 4.39. The Morgan fingerprint density at radius 2 is 2.10 bits per heavy atom. The van der Waals surface area contributed by atoms with E-state index in [0.717, 1.165) is 31.5 Å². The van der Waals surface area contributed by atoms with Gasteiger partial charge in [-0.3, -0.25) is 9.69 Å². The monoisotopic (exact) mass is 290 g/mol. The molecule has 1 saturated carbocycles. The lowest BCUT2D eigenvalue weighted by molar-refractivity contribution is -0.122. The van der Waals surface area contributed by atoms with Crippen molar-refractivity contribution in [3.05, 3.63) is 35.6 Å². The first-order valence-corrected chi connectivity index (χ1v) is 7.96. The van der Waals surface area contributed by atoms with Crippen LogP contribution in [0.1, 0.15) is 37.7 Å². The van der Waals surface area contributed by atoms with Crippen LogP contribution < -0.4 is 5.32 Å². The van der Waals surface area contributed by atoms with E-state index in [-0.39, 0.29) is 17.8 Å². The van der Waals surface area contributed by atoms with Crippen LogP contribution in [0.3, 0.4) is 0 Å². The molecule has 0 radical (unpaired) electrons. The Morgan fingerprint density at radius 1 is 1.29 bits per heavy atom. The molecule has 4 heteroatoms. The number of rotatable bonds is 5. The molecule has 3 nitrogen and oxygen atoms in total.